The van der Waals surface area contributed by atoms with Crippen LogP contribution in [0.1, 0.15) is 24.5 Å². The van der Waals surface area contributed by atoms with Crippen LogP contribution in [-0.4, -0.2) is 37.3 Å². The van der Waals surface area contributed by atoms with E-state index in [-0.39, 0.29) is 19.0 Å². The van der Waals surface area contributed by atoms with Crippen LogP contribution >= 0.6 is 23.2 Å². The molecule has 1 amide bonds. The van der Waals surface area contributed by atoms with Gasteiger partial charge in [-0.05, 0) is 36.6 Å². The molecular formula is C15H20Cl2N2O3. The van der Waals surface area contributed by atoms with Gasteiger partial charge >= 0.3 is 0 Å². The number of halogens is 2. The summed E-state index contributed by atoms with van der Waals surface area (Å²) in [7, 11) is 0. The van der Waals surface area contributed by atoms with Gasteiger partial charge in [-0.15, -0.1) is 0 Å². The lowest BCUT2D eigenvalue weighted by molar-refractivity contribution is -0.136. The Labute approximate surface area is 139 Å². The number of aliphatic hydroxyl groups is 1. The zero-order valence-corrected chi connectivity index (χ0v) is 13.7. The maximum absolute atomic E-state index is 12.4. The minimum absolute atomic E-state index is 0.0815. The molecule has 0 radical (unpaired) electrons. The molecule has 4 N–H and O–H groups in total. The highest BCUT2D eigenvalue weighted by Gasteiger charge is 2.38. The van der Waals surface area contributed by atoms with Crippen LogP contribution in [0.15, 0.2) is 18.2 Å². The van der Waals surface area contributed by atoms with Gasteiger partial charge in [0.1, 0.15) is 0 Å². The summed E-state index contributed by atoms with van der Waals surface area (Å²) in [5.74, 6) is -0.148. The minimum atomic E-state index is -0.880. The number of hydrogen-bond donors (Lipinski definition) is 3. The van der Waals surface area contributed by atoms with Gasteiger partial charge in [0.25, 0.3) is 0 Å². The Balaban J connectivity index is 1.97. The van der Waals surface area contributed by atoms with Crippen molar-refractivity contribution < 1.29 is 14.6 Å². The molecule has 1 aliphatic heterocycles. The molecule has 0 bridgehead atoms. The van der Waals surface area contributed by atoms with Crippen molar-refractivity contribution in [2.45, 2.75) is 18.9 Å². The monoisotopic (exact) mass is 346 g/mol. The third kappa shape index (κ3) is 4.12. The number of ether oxygens (including phenoxy) is 1. The van der Waals surface area contributed by atoms with Crippen LogP contribution in [-0.2, 0) is 9.53 Å². The fourth-order valence-electron chi connectivity index (χ4n) is 2.55. The number of amides is 1. The lowest BCUT2D eigenvalue weighted by atomic mass is 9.79. The molecule has 1 aliphatic rings. The normalized spacial score (nSPS) is 18.7. The van der Waals surface area contributed by atoms with Crippen LogP contribution in [0.5, 0.6) is 0 Å². The molecule has 0 saturated carbocycles. The number of nitrogens with two attached hydrogens (primary N) is 1. The topological polar surface area (TPSA) is 84.6 Å². The third-order valence-corrected chi connectivity index (χ3v) is 4.48. The van der Waals surface area contributed by atoms with Gasteiger partial charge in [0.15, 0.2) is 0 Å². The van der Waals surface area contributed by atoms with E-state index in [4.69, 9.17) is 33.7 Å². The summed E-state index contributed by atoms with van der Waals surface area (Å²) >= 11 is 11.8. The Morgan fingerprint density at radius 1 is 1.32 bits per heavy atom. The molecule has 1 atom stereocenters. The number of rotatable bonds is 5. The van der Waals surface area contributed by atoms with E-state index in [9.17, 15) is 9.90 Å². The molecule has 1 saturated heterocycles. The molecule has 1 heterocycles. The first kappa shape index (κ1) is 17.5. The fourth-order valence-corrected chi connectivity index (χ4v) is 3.09. The van der Waals surface area contributed by atoms with E-state index >= 15 is 0 Å². The van der Waals surface area contributed by atoms with E-state index < -0.39 is 11.5 Å². The SMILES string of the molecule is NCC1(C(=O)NCC(O)c2cc(Cl)cc(Cl)c2)CCOCC1. The highest BCUT2D eigenvalue weighted by Crippen LogP contribution is 2.30. The van der Waals surface area contributed by atoms with Gasteiger partial charge in [-0.1, -0.05) is 23.2 Å². The Kier molecular flexibility index (Phi) is 6.06. The van der Waals surface area contributed by atoms with Gasteiger partial charge in [-0.3, -0.25) is 4.79 Å². The van der Waals surface area contributed by atoms with E-state index in [0.717, 1.165) is 0 Å². The minimum Gasteiger partial charge on any atom is -0.387 e. The zero-order chi connectivity index (χ0) is 16.2. The number of hydrogen-bond acceptors (Lipinski definition) is 4. The van der Waals surface area contributed by atoms with Gasteiger partial charge in [-0.2, -0.15) is 0 Å². The Bertz CT molecular complexity index is 513. The van der Waals surface area contributed by atoms with Crippen LogP contribution in [0.4, 0.5) is 0 Å². The van der Waals surface area contributed by atoms with Gasteiger partial charge in [0, 0.05) is 36.3 Å². The number of nitrogens with one attached hydrogen (secondary N) is 1. The largest absolute Gasteiger partial charge is 0.387 e. The average Bonchev–Trinajstić information content (AvgIpc) is 2.51. The number of aliphatic hydroxyl groups excluding tert-OH is 1. The molecule has 5 nitrogen and oxygen atoms in total. The summed E-state index contributed by atoms with van der Waals surface area (Å²) in [6.45, 7) is 1.40. The molecule has 1 aromatic rings. The molecule has 2 rings (SSSR count). The van der Waals surface area contributed by atoms with Crippen LogP contribution in [0.3, 0.4) is 0 Å². The smallest absolute Gasteiger partial charge is 0.227 e. The van der Waals surface area contributed by atoms with Gasteiger partial charge in [0.2, 0.25) is 5.91 Å². The summed E-state index contributed by atoms with van der Waals surface area (Å²) in [6, 6.07) is 4.83. The summed E-state index contributed by atoms with van der Waals surface area (Å²) in [6.07, 6.45) is 0.304. The summed E-state index contributed by atoms with van der Waals surface area (Å²) in [5.41, 5.74) is 5.74. The second kappa shape index (κ2) is 7.62. The molecule has 0 spiro atoms. The van der Waals surface area contributed by atoms with E-state index in [0.29, 0.717) is 41.7 Å². The van der Waals surface area contributed by atoms with Crippen LogP contribution < -0.4 is 11.1 Å². The van der Waals surface area contributed by atoms with Crippen molar-refractivity contribution in [3.63, 3.8) is 0 Å². The van der Waals surface area contributed by atoms with Gasteiger partial charge in [0.05, 0.1) is 11.5 Å². The second-order valence-electron chi connectivity index (χ2n) is 5.53. The number of carbonyl (C=O) groups is 1. The van der Waals surface area contributed by atoms with Crippen molar-refractivity contribution in [3.8, 4) is 0 Å². The van der Waals surface area contributed by atoms with Crippen LogP contribution in [0.25, 0.3) is 0 Å². The maximum atomic E-state index is 12.4. The standard InChI is InChI=1S/C15H20Cl2N2O3/c16-11-5-10(6-12(17)7-11)13(20)8-19-14(21)15(9-18)1-3-22-4-2-15/h5-7,13,20H,1-4,8-9,18H2,(H,19,21). The van der Waals surface area contributed by atoms with Crippen molar-refractivity contribution >= 4 is 29.1 Å². The number of benzene rings is 1. The Hall–Kier alpha value is -0.850. The van der Waals surface area contributed by atoms with Gasteiger partial charge < -0.3 is 20.9 Å². The molecule has 122 valence electrons. The van der Waals surface area contributed by atoms with Crippen LogP contribution in [0, 0.1) is 5.41 Å². The van der Waals surface area contributed by atoms with E-state index in [1.165, 1.54) is 0 Å². The molecule has 22 heavy (non-hydrogen) atoms. The zero-order valence-electron chi connectivity index (χ0n) is 12.1. The number of carbonyl (C=O) groups excluding carboxylic acids is 1. The van der Waals surface area contributed by atoms with Crippen molar-refractivity contribution in [3.05, 3.63) is 33.8 Å². The lowest BCUT2D eigenvalue weighted by Crippen LogP contribution is -2.49. The summed E-state index contributed by atoms with van der Waals surface area (Å²) in [4.78, 5) is 12.4. The molecule has 7 heteroatoms. The second-order valence-corrected chi connectivity index (χ2v) is 6.40. The first-order valence-corrected chi connectivity index (χ1v) is 7.93. The van der Waals surface area contributed by atoms with Crippen LogP contribution in [0.2, 0.25) is 10.0 Å². The first-order valence-electron chi connectivity index (χ1n) is 7.17. The molecule has 0 aromatic heterocycles. The molecule has 1 unspecified atom stereocenters. The molecule has 1 fully saturated rings. The van der Waals surface area contributed by atoms with Crippen molar-refractivity contribution in [2.75, 3.05) is 26.3 Å². The fraction of sp³-hybridized carbons (Fsp3) is 0.533. The maximum Gasteiger partial charge on any atom is 0.227 e. The van der Waals surface area contributed by atoms with Crippen molar-refractivity contribution in [2.24, 2.45) is 11.1 Å². The molecular weight excluding hydrogens is 327 g/mol. The van der Waals surface area contributed by atoms with E-state index in [2.05, 4.69) is 5.32 Å². The lowest BCUT2D eigenvalue weighted by Gasteiger charge is -2.34. The van der Waals surface area contributed by atoms with Crippen molar-refractivity contribution in [1.29, 1.82) is 0 Å². The van der Waals surface area contributed by atoms with E-state index in [1.54, 1.807) is 18.2 Å². The third-order valence-electron chi connectivity index (χ3n) is 4.05. The van der Waals surface area contributed by atoms with Gasteiger partial charge in [-0.25, -0.2) is 0 Å². The Morgan fingerprint density at radius 2 is 1.91 bits per heavy atom. The van der Waals surface area contributed by atoms with E-state index in [1.807, 2.05) is 0 Å². The predicted molar refractivity (Wildman–Crippen MR) is 86.0 cm³/mol. The summed E-state index contributed by atoms with van der Waals surface area (Å²) < 4.78 is 5.28. The van der Waals surface area contributed by atoms with Crippen molar-refractivity contribution in [1.82, 2.24) is 5.32 Å². The molecule has 0 aliphatic carbocycles. The first-order chi connectivity index (χ1) is 10.5. The highest BCUT2D eigenvalue weighted by molar-refractivity contribution is 6.34. The molecule has 1 aromatic carbocycles. The Morgan fingerprint density at radius 3 is 2.45 bits per heavy atom. The highest BCUT2D eigenvalue weighted by atomic mass is 35.5. The average molecular weight is 347 g/mol. The summed E-state index contributed by atoms with van der Waals surface area (Å²) in [5, 5.41) is 13.8. The predicted octanol–water partition coefficient (Wildman–Crippen LogP) is 1.90. The quantitative estimate of drug-likeness (QED) is 0.760.